The molecule has 0 spiro atoms. The molecule has 1 N–H and O–H groups in total. The van der Waals surface area contributed by atoms with Crippen LogP contribution in [-0.4, -0.2) is 40.2 Å². The zero-order valence-electron chi connectivity index (χ0n) is 13.6. The van der Waals surface area contributed by atoms with Crippen molar-refractivity contribution in [1.82, 2.24) is 9.88 Å². The van der Waals surface area contributed by atoms with Crippen LogP contribution in [0.25, 0.3) is 10.9 Å². The highest BCUT2D eigenvalue weighted by atomic mass is 16.3. The van der Waals surface area contributed by atoms with Crippen molar-refractivity contribution in [1.29, 1.82) is 0 Å². The molecule has 2 unspecified atom stereocenters. The first-order valence-electron chi connectivity index (χ1n) is 8.30. The Morgan fingerprint density at radius 3 is 3.00 bits per heavy atom. The van der Waals surface area contributed by atoms with Crippen LogP contribution in [-0.2, 0) is 12.8 Å². The van der Waals surface area contributed by atoms with E-state index in [0.29, 0.717) is 5.92 Å². The van der Waals surface area contributed by atoms with Gasteiger partial charge in [0.25, 0.3) is 0 Å². The molecular weight excluding hydrogens is 272 g/mol. The van der Waals surface area contributed by atoms with Gasteiger partial charge in [0.15, 0.2) is 0 Å². The lowest BCUT2D eigenvalue weighted by molar-refractivity contribution is -0.113. The summed E-state index contributed by atoms with van der Waals surface area (Å²) in [5, 5.41) is 12.5. The zero-order valence-corrected chi connectivity index (χ0v) is 13.6. The van der Waals surface area contributed by atoms with Gasteiger partial charge in [-0.15, -0.1) is 0 Å². The number of benzene rings is 1. The molecule has 2 aromatic rings. The van der Waals surface area contributed by atoms with E-state index in [1.54, 1.807) is 0 Å². The number of aliphatic hydroxyl groups is 1. The summed E-state index contributed by atoms with van der Waals surface area (Å²) in [6.07, 6.45) is 2.70. The van der Waals surface area contributed by atoms with Crippen LogP contribution in [0.3, 0.4) is 0 Å². The number of aromatic nitrogens is 1. The molecule has 116 valence electrons. The van der Waals surface area contributed by atoms with Crippen LogP contribution in [0, 0.1) is 12.8 Å². The maximum Gasteiger partial charge on any atom is 0.0872 e. The van der Waals surface area contributed by atoms with E-state index in [9.17, 15) is 5.11 Å². The first-order chi connectivity index (χ1) is 10.5. The number of likely N-dealkylation sites (tertiary alicyclic amines) is 1. The van der Waals surface area contributed by atoms with Crippen molar-refractivity contribution in [2.75, 3.05) is 13.6 Å². The van der Waals surface area contributed by atoms with E-state index in [1.165, 1.54) is 22.2 Å². The monoisotopic (exact) mass is 296 g/mol. The fourth-order valence-corrected chi connectivity index (χ4v) is 4.39. The Balaban J connectivity index is 1.83. The molecule has 2 aliphatic rings. The minimum atomic E-state index is -0.612. The quantitative estimate of drug-likeness (QED) is 0.812. The molecule has 3 heteroatoms. The molecule has 3 atom stereocenters. The van der Waals surface area contributed by atoms with Gasteiger partial charge in [-0.05, 0) is 63.4 Å². The average molecular weight is 296 g/mol. The molecule has 2 heterocycles. The summed E-state index contributed by atoms with van der Waals surface area (Å²) in [6.45, 7) is 5.35. The normalized spacial score (nSPS) is 31.8. The lowest BCUT2D eigenvalue weighted by atomic mass is 9.67. The number of aryl methyl sites for hydroxylation is 1. The Morgan fingerprint density at radius 1 is 1.36 bits per heavy atom. The largest absolute Gasteiger partial charge is 0.388 e. The zero-order chi connectivity index (χ0) is 15.5. The number of hydrogen-bond donors (Lipinski definition) is 1. The van der Waals surface area contributed by atoms with E-state index in [4.69, 9.17) is 4.98 Å². The first kappa shape index (κ1) is 14.2. The summed E-state index contributed by atoms with van der Waals surface area (Å²) in [7, 11) is 2.12. The Labute approximate surface area is 132 Å². The second-order valence-electron chi connectivity index (χ2n) is 7.26. The summed E-state index contributed by atoms with van der Waals surface area (Å²) in [4.78, 5) is 7.25. The van der Waals surface area contributed by atoms with E-state index >= 15 is 0 Å². The molecule has 4 rings (SSSR count). The molecule has 1 fully saturated rings. The number of fused-ring (bicyclic) bond motifs is 3. The van der Waals surface area contributed by atoms with Crippen molar-refractivity contribution >= 4 is 10.9 Å². The third-order valence-corrected chi connectivity index (χ3v) is 6.05. The van der Waals surface area contributed by atoms with Gasteiger partial charge in [0.1, 0.15) is 0 Å². The maximum atomic E-state index is 11.3. The third-order valence-electron chi connectivity index (χ3n) is 6.05. The molecule has 0 amide bonds. The SMILES string of the molecule is Cc1cccc2cc3c(nc12)CC1CCN(C)[C@H](C)C1(O)C3. The van der Waals surface area contributed by atoms with Gasteiger partial charge < -0.3 is 10.0 Å². The lowest BCUT2D eigenvalue weighted by Crippen LogP contribution is -2.62. The van der Waals surface area contributed by atoms with Crippen molar-refractivity contribution in [2.24, 2.45) is 5.92 Å². The van der Waals surface area contributed by atoms with Crippen LogP contribution in [0.1, 0.15) is 30.2 Å². The van der Waals surface area contributed by atoms with Crippen LogP contribution >= 0.6 is 0 Å². The van der Waals surface area contributed by atoms with Gasteiger partial charge in [0.05, 0.1) is 11.1 Å². The highest BCUT2D eigenvalue weighted by Crippen LogP contribution is 2.42. The number of nitrogens with zero attached hydrogens (tertiary/aromatic N) is 2. The predicted octanol–water partition coefficient (Wildman–Crippen LogP) is 2.71. The van der Waals surface area contributed by atoms with Crippen LogP contribution < -0.4 is 0 Å². The van der Waals surface area contributed by atoms with E-state index in [-0.39, 0.29) is 6.04 Å². The fourth-order valence-electron chi connectivity index (χ4n) is 4.39. The lowest BCUT2D eigenvalue weighted by Gasteiger charge is -2.51. The first-order valence-corrected chi connectivity index (χ1v) is 8.30. The van der Waals surface area contributed by atoms with Crippen molar-refractivity contribution < 1.29 is 5.11 Å². The predicted molar refractivity (Wildman–Crippen MR) is 89.0 cm³/mol. The standard InChI is InChI=1S/C19H24N2O/c1-12-5-4-6-14-9-15-11-19(22)13(2)21(3)8-7-16(19)10-17(15)20-18(12)14/h4-6,9,13,16,22H,7-8,10-11H2,1-3H3/t13-,16?,19?/m1/s1. The fraction of sp³-hybridized carbons (Fsp3) is 0.526. The molecule has 1 aliphatic carbocycles. The molecule has 1 saturated heterocycles. The number of likely N-dealkylation sites (N-methyl/N-ethyl adjacent to an activating group) is 1. The van der Waals surface area contributed by atoms with Crippen LogP contribution in [0.4, 0.5) is 0 Å². The van der Waals surface area contributed by atoms with Crippen molar-refractivity contribution in [3.05, 3.63) is 41.1 Å². The maximum absolute atomic E-state index is 11.3. The molecular formula is C19H24N2O. The van der Waals surface area contributed by atoms with Crippen molar-refractivity contribution in [3.63, 3.8) is 0 Å². The summed E-state index contributed by atoms with van der Waals surface area (Å²) < 4.78 is 0. The Hall–Kier alpha value is -1.45. The number of para-hydroxylation sites is 1. The van der Waals surface area contributed by atoms with Gasteiger partial charge in [0, 0.05) is 23.5 Å². The summed E-state index contributed by atoms with van der Waals surface area (Å²) in [5.74, 6) is 0.333. The minimum absolute atomic E-state index is 0.201. The van der Waals surface area contributed by atoms with Gasteiger partial charge in [-0.25, -0.2) is 0 Å². The van der Waals surface area contributed by atoms with E-state index in [2.05, 4.69) is 50.1 Å². The van der Waals surface area contributed by atoms with Gasteiger partial charge >= 0.3 is 0 Å². The Bertz CT molecular complexity index is 742. The average Bonchev–Trinajstić information content (AvgIpc) is 2.49. The second kappa shape index (κ2) is 4.77. The smallest absolute Gasteiger partial charge is 0.0872 e. The van der Waals surface area contributed by atoms with Crippen molar-refractivity contribution in [2.45, 2.75) is 44.8 Å². The van der Waals surface area contributed by atoms with Crippen molar-refractivity contribution in [3.8, 4) is 0 Å². The summed E-state index contributed by atoms with van der Waals surface area (Å²) in [6, 6.07) is 8.79. The van der Waals surface area contributed by atoms with E-state index in [0.717, 1.165) is 31.3 Å². The van der Waals surface area contributed by atoms with E-state index in [1.807, 2.05) is 0 Å². The number of hydrogen-bond acceptors (Lipinski definition) is 3. The number of rotatable bonds is 0. The van der Waals surface area contributed by atoms with Gasteiger partial charge in [-0.1, -0.05) is 18.2 Å². The Morgan fingerprint density at radius 2 is 2.18 bits per heavy atom. The van der Waals surface area contributed by atoms with Gasteiger partial charge in [-0.2, -0.15) is 0 Å². The molecule has 1 aliphatic heterocycles. The summed E-state index contributed by atoms with van der Waals surface area (Å²) >= 11 is 0. The highest BCUT2D eigenvalue weighted by molar-refractivity contribution is 5.82. The number of pyridine rings is 1. The van der Waals surface area contributed by atoms with Crippen LogP contribution in [0.5, 0.6) is 0 Å². The van der Waals surface area contributed by atoms with E-state index < -0.39 is 5.60 Å². The molecule has 1 aromatic heterocycles. The van der Waals surface area contributed by atoms with Crippen LogP contribution in [0.15, 0.2) is 24.3 Å². The highest BCUT2D eigenvalue weighted by Gasteiger charge is 2.49. The number of piperidine rings is 1. The summed E-state index contributed by atoms with van der Waals surface area (Å²) in [5.41, 5.74) is 4.18. The topological polar surface area (TPSA) is 36.4 Å². The molecule has 0 bridgehead atoms. The Kier molecular flexibility index (Phi) is 3.07. The molecule has 0 radical (unpaired) electrons. The minimum Gasteiger partial charge on any atom is -0.388 e. The molecule has 1 aromatic carbocycles. The third kappa shape index (κ3) is 1.92. The molecule has 22 heavy (non-hydrogen) atoms. The van der Waals surface area contributed by atoms with Crippen LogP contribution in [0.2, 0.25) is 0 Å². The molecule has 0 saturated carbocycles. The van der Waals surface area contributed by atoms with Gasteiger partial charge in [-0.3, -0.25) is 4.98 Å². The molecule has 3 nitrogen and oxygen atoms in total. The second-order valence-corrected chi connectivity index (χ2v) is 7.26. The van der Waals surface area contributed by atoms with Gasteiger partial charge in [0.2, 0.25) is 0 Å².